The number of para-hydroxylation sites is 2. The zero-order valence-electron chi connectivity index (χ0n) is 14.5. The summed E-state index contributed by atoms with van der Waals surface area (Å²) < 4.78 is 5.62. The number of thiophene rings is 1. The van der Waals surface area contributed by atoms with E-state index in [1.165, 1.54) is 16.2 Å². The van der Waals surface area contributed by atoms with Gasteiger partial charge in [-0.25, -0.2) is 0 Å². The van der Waals surface area contributed by atoms with Gasteiger partial charge in [-0.15, -0.1) is 11.3 Å². The maximum Gasteiger partial charge on any atom is 0.264 e. The smallest absolute Gasteiger partial charge is 0.264 e. The van der Waals surface area contributed by atoms with Crippen LogP contribution in [0.15, 0.2) is 41.8 Å². The molecule has 0 bridgehead atoms. The molecule has 2 N–H and O–H groups in total. The second kappa shape index (κ2) is 7.03. The first-order chi connectivity index (χ1) is 13.1. The number of likely N-dealkylation sites (tertiary alicyclic amines) is 1. The zero-order valence-corrected chi connectivity index (χ0v) is 15.4. The van der Waals surface area contributed by atoms with Crippen LogP contribution in [-0.4, -0.2) is 47.9 Å². The van der Waals surface area contributed by atoms with Crippen LogP contribution in [0.4, 0.5) is 5.69 Å². The Morgan fingerprint density at radius 1 is 1.15 bits per heavy atom. The first kappa shape index (κ1) is 17.5. The lowest BCUT2D eigenvalue weighted by atomic mass is 10.1. The Morgan fingerprint density at radius 2 is 1.96 bits per heavy atom. The van der Waals surface area contributed by atoms with Gasteiger partial charge < -0.3 is 20.3 Å². The molecule has 27 heavy (non-hydrogen) atoms. The highest BCUT2D eigenvalue weighted by molar-refractivity contribution is 7.12. The number of amides is 3. The molecule has 0 spiro atoms. The number of fused-ring (bicyclic) bond motifs is 1. The molecule has 1 fully saturated rings. The lowest BCUT2D eigenvalue weighted by Gasteiger charge is -2.36. The van der Waals surface area contributed by atoms with E-state index in [0.29, 0.717) is 29.3 Å². The standard InChI is InChI=1S/C19H19N3O4S/c20-17(23)15-11-22(12-5-1-2-7-14(12)26-15)18(24)13-6-3-9-21(13)19(25)16-8-4-10-27-16/h1-2,4-5,7-8,10,13,15H,3,6,9,11H2,(H2,20,23)/t13-,15-/m0/s1. The summed E-state index contributed by atoms with van der Waals surface area (Å²) in [6.45, 7) is 0.584. The molecule has 2 aliphatic heterocycles. The number of nitrogens with zero attached hydrogens (tertiary/aromatic N) is 2. The van der Waals surface area contributed by atoms with Crippen molar-refractivity contribution in [3.05, 3.63) is 46.7 Å². The van der Waals surface area contributed by atoms with Crippen LogP contribution in [0.5, 0.6) is 5.75 Å². The van der Waals surface area contributed by atoms with Crippen LogP contribution in [0.25, 0.3) is 0 Å². The predicted molar refractivity (Wildman–Crippen MR) is 101 cm³/mol. The summed E-state index contributed by atoms with van der Waals surface area (Å²) >= 11 is 1.36. The number of benzene rings is 1. The lowest BCUT2D eigenvalue weighted by molar-refractivity contribution is -0.126. The van der Waals surface area contributed by atoms with Crippen molar-refractivity contribution < 1.29 is 19.1 Å². The number of anilines is 1. The van der Waals surface area contributed by atoms with Crippen molar-refractivity contribution in [3.63, 3.8) is 0 Å². The van der Waals surface area contributed by atoms with Crippen LogP contribution in [0.2, 0.25) is 0 Å². The minimum absolute atomic E-state index is 0.0444. The highest BCUT2D eigenvalue weighted by atomic mass is 32.1. The molecule has 8 heteroatoms. The molecule has 140 valence electrons. The van der Waals surface area contributed by atoms with Gasteiger partial charge in [-0.1, -0.05) is 18.2 Å². The van der Waals surface area contributed by atoms with Gasteiger partial charge in [-0.2, -0.15) is 0 Å². The van der Waals surface area contributed by atoms with Gasteiger partial charge in [0.25, 0.3) is 11.8 Å². The van der Waals surface area contributed by atoms with E-state index in [2.05, 4.69) is 0 Å². The number of primary amides is 1. The van der Waals surface area contributed by atoms with Crippen molar-refractivity contribution >= 4 is 34.7 Å². The van der Waals surface area contributed by atoms with Gasteiger partial charge in [0.15, 0.2) is 6.10 Å². The van der Waals surface area contributed by atoms with Crippen molar-refractivity contribution in [1.29, 1.82) is 0 Å². The number of rotatable bonds is 3. The zero-order chi connectivity index (χ0) is 19.0. The Kier molecular flexibility index (Phi) is 4.57. The number of hydrogen-bond donors (Lipinski definition) is 1. The fourth-order valence-corrected chi connectivity index (χ4v) is 4.26. The molecule has 0 saturated carbocycles. The van der Waals surface area contributed by atoms with Crippen LogP contribution in [0, 0.1) is 0 Å². The van der Waals surface area contributed by atoms with E-state index in [1.807, 2.05) is 11.4 Å². The molecule has 4 rings (SSSR count). The normalized spacial score (nSPS) is 21.5. The molecule has 0 radical (unpaired) electrons. The average Bonchev–Trinajstić information content (AvgIpc) is 3.37. The van der Waals surface area contributed by atoms with Crippen LogP contribution < -0.4 is 15.4 Å². The van der Waals surface area contributed by atoms with E-state index in [-0.39, 0.29) is 18.4 Å². The monoisotopic (exact) mass is 385 g/mol. The van der Waals surface area contributed by atoms with Crippen LogP contribution >= 0.6 is 11.3 Å². The quantitative estimate of drug-likeness (QED) is 0.869. The van der Waals surface area contributed by atoms with E-state index >= 15 is 0 Å². The van der Waals surface area contributed by atoms with Gasteiger partial charge in [-0.3, -0.25) is 14.4 Å². The highest BCUT2D eigenvalue weighted by Gasteiger charge is 2.41. The first-order valence-corrected chi connectivity index (χ1v) is 9.65. The Bertz CT molecular complexity index is 883. The summed E-state index contributed by atoms with van der Waals surface area (Å²) in [6.07, 6.45) is 0.446. The summed E-state index contributed by atoms with van der Waals surface area (Å²) in [4.78, 5) is 41.6. The van der Waals surface area contributed by atoms with Gasteiger partial charge in [-0.05, 0) is 36.4 Å². The molecule has 1 saturated heterocycles. The first-order valence-electron chi connectivity index (χ1n) is 8.77. The van der Waals surface area contributed by atoms with Crippen molar-refractivity contribution in [3.8, 4) is 5.75 Å². The number of carbonyl (C=O) groups excluding carboxylic acids is 3. The van der Waals surface area contributed by atoms with Gasteiger partial charge >= 0.3 is 0 Å². The minimum atomic E-state index is -0.910. The third kappa shape index (κ3) is 3.16. The number of hydrogen-bond acceptors (Lipinski definition) is 5. The molecule has 0 unspecified atom stereocenters. The van der Waals surface area contributed by atoms with Crippen molar-refractivity contribution in [2.75, 3.05) is 18.0 Å². The van der Waals surface area contributed by atoms with E-state index in [4.69, 9.17) is 10.5 Å². The third-order valence-corrected chi connectivity index (χ3v) is 5.75. The molecule has 1 aromatic carbocycles. The van der Waals surface area contributed by atoms with E-state index in [9.17, 15) is 14.4 Å². The van der Waals surface area contributed by atoms with Crippen LogP contribution in [0.1, 0.15) is 22.5 Å². The molecule has 7 nitrogen and oxygen atoms in total. The topological polar surface area (TPSA) is 92.9 Å². The highest BCUT2D eigenvalue weighted by Crippen LogP contribution is 2.35. The molecule has 2 aliphatic rings. The number of ether oxygens (including phenoxy) is 1. The third-order valence-electron chi connectivity index (χ3n) is 4.89. The molecule has 2 aromatic rings. The lowest BCUT2D eigenvalue weighted by Crippen LogP contribution is -2.54. The second-order valence-corrected chi connectivity index (χ2v) is 7.51. The van der Waals surface area contributed by atoms with Gasteiger partial charge in [0.1, 0.15) is 11.8 Å². The minimum Gasteiger partial charge on any atom is -0.477 e. The van der Waals surface area contributed by atoms with Crippen LogP contribution in [0.3, 0.4) is 0 Å². The molecule has 2 atom stereocenters. The molecule has 3 heterocycles. The maximum absolute atomic E-state index is 13.3. The number of nitrogens with two attached hydrogens (primary N) is 1. The molecule has 3 amide bonds. The van der Waals surface area contributed by atoms with E-state index in [1.54, 1.807) is 35.2 Å². The fraction of sp³-hybridized carbons (Fsp3) is 0.316. The largest absolute Gasteiger partial charge is 0.477 e. The molecular formula is C19H19N3O4S. The van der Waals surface area contributed by atoms with Crippen molar-refractivity contribution in [2.45, 2.75) is 25.0 Å². The molecule has 1 aromatic heterocycles. The van der Waals surface area contributed by atoms with Crippen molar-refractivity contribution in [1.82, 2.24) is 4.90 Å². The summed E-state index contributed by atoms with van der Waals surface area (Å²) in [6, 6.07) is 10.1. The Hall–Kier alpha value is -2.87. The maximum atomic E-state index is 13.3. The number of carbonyl (C=O) groups is 3. The van der Waals surface area contributed by atoms with E-state index < -0.39 is 18.1 Å². The molecular weight excluding hydrogens is 366 g/mol. The summed E-state index contributed by atoms with van der Waals surface area (Å²) in [7, 11) is 0. The summed E-state index contributed by atoms with van der Waals surface area (Å²) in [5.74, 6) is -0.525. The van der Waals surface area contributed by atoms with Gasteiger partial charge in [0, 0.05) is 6.54 Å². The van der Waals surface area contributed by atoms with Crippen LogP contribution in [-0.2, 0) is 9.59 Å². The van der Waals surface area contributed by atoms with Gasteiger partial charge in [0.2, 0.25) is 5.91 Å². The Morgan fingerprint density at radius 3 is 2.70 bits per heavy atom. The summed E-state index contributed by atoms with van der Waals surface area (Å²) in [5, 5.41) is 1.84. The second-order valence-electron chi connectivity index (χ2n) is 6.56. The fourth-order valence-electron chi connectivity index (χ4n) is 3.58. The van der Waals surface area contributed by atoms with Crippen molar-refractivity contribution in [2.24, 2.45) is 5.73 Å². The summed E-state index contributed by atoms with van der Waals surface area (Å²) in [5.41, 5.74) is 6.01. The SMILES string of the molecule is NC(=O)[C@@H]1CN(C(=O)[C@@H]2CCCN2C(=O)c2cccs2)c2ccccc2O1. The Labute approximate surface area is 160 Å². The predicted octanol–water partition coefficient (Wildman–Crippen LogP) is 1.63. The average molecular weight is 385 g/mol. The van der Waals surface area contributed by atoms with Gasteiger partial charge in [0.05, 0.1) is 17.1 Å². The Balaban J connectivity index is 1.63. The van der Waals surface area contributed by atoms with E-state index in [0.717, 1.165) is 6.42 Å². The molecule has 0 aliphatic carbocycles.